The number of halogens is 1. The fourth-order valence-electron chi connectivity index (χ4n) is 2.49. The van der Waals surface area contributed by atoms with E-state index >= 15 is 0 Å². The smallest absolute Gasteiger partial charge is 0.329 e. The Labute approximate surface area is 127 Å². The highest BCUT2D eigenvalue weighted by Gasteiger charge is 2.20. The molecule has 110 valence electrons. The van der Waals surface area contributed by atoms with Gasteiger partial charge in [-0.05, 0) is 37.0 Å². The summed E-state index contributed by atoms with van der Waals surface area (Å²) in [5, 5.41) is 8.60. The Hall–Kier alpha value is -0.910. The van der Waals surface area contributed by atoms with E-state index in [2.05, 4.69) is 46.0 Å². The number of likely N-dealkylation sites (tertiary alicyclic amines) is 1. The van der Waals surface area contributed by atoms with Crippen LogP contribution in [0.4, 0.5) is 0 Å². The number of carbonyl (C=O) groups is 1. The molecule has 1 N–H and O–H groups in total. The predicted molar refractivity (Wildman–Crippen MR) is 80.8 cm³/mol. The SMILES string of the molecule is Cc1cc(CN2CCC(OCC(=O)O)CC2)ccc1Br. The highest BCUT2D eigenvalue weighted by molar-refractivity contribution is 9.10. The third kappa shape index (κ3) is 4.58. The van der Waals surface area contributed by atoms with Gasteiger partial charge in [0.25, 0.3) is 0 Å². The standard InChI is InChI=1S/C15H20BrNO3/c1-11-8-12(2-3-14(11)16)9-17-6-4-13(5-7-17)20-10-15(18)19/h2-3,8,13H,4-7,9-10H2,1H3,(H,18,19). The molecule has 1 heterocycles. The molecular formula is C15H20BrNO3. The number of aryl methyl sites for hydroxylation is 1. The molecule has 0 bridgehead atoms. The summed E-state index contributed by atoms with van der Waals surface area (Å²) in [5.41, 5.74) is 2.57. The highest BCUT2D eigenvalue weighted by Crippen LogP contribution is 2.20. The van der Waals surface area contributed by atoms with Crippen LogP contribution in [0.15, 0.2) is 22.7 Å². The molecule has 0 aliphatic carbocycles. The van der Waals surface area contributed by atoms with E-state index in [0.717, 1.165) is 36.9 Å². The summed E-state index contributed by atoms with van der Waals surface area (Å²) in [6, 6.07) is 6.44. The van der Waals surface area contributed by atoms with Gasteiger partial charge in [0, 0.05) is 24.1 Å². The highest BCUT2D eigenvalue weighted by atomic mass is 79.9. The van der Waals surface area contributed by atoms with Crippen molar-refractivity contribution in [3.05, 3.63) is 33.8 Å². The number of benzene rings is 1. The summed E-state index contributed by atoms with van der Waals surface area (Å²) >= 11 is 3.51. The van der Waals surface area contributed by atoms with Crippen molar-refractivity contribution in [2.75, 3.05) is 19.7 Å². The molecule has 0 amide bonds. The molecule has 4 nitrogen and oxygen atoms in total. The first-order chi connectivity index (χ1) is 9.54. The van der Waals surface area contributed by atoms with Gasteiger partial charge in [-0.1, -0.05) is 28.1 Å². The predicted octanol–water partition coefficient (Wildman–Crippen LogP) is 2.82. The summed E-state index contributed by atoms with van der Waals surface area (Å²) in [5.74, 6) is -0.891. The van der Waals surface area contributed by atoms with Gasteiger partial charge in [0.1, 0.15) is 6.61 Å². The first-order valence-electron chi connectivity index (χ1n) is 6.85. The van der Waals surface area contributed by atoms with Crippen LogP contribution >= 0.6 is 15.9 Å². The van der Waals surface area contributed by atoms with Crippen LogP contribution in [0.25, 0.3) is 0 Å². The lowest BCUT2D eigenvalue weighted by Crippen LogP contribution is -2.37. The summed E-state index contributed by atoms with van der Waals surface area (Å²) in [7, 11) is 0. The number of rotatable bonds is 5. The van der Waals surface area contributed by atoms with E-state index in [0.29, 0.717) is 0 Å². The number of hydrogen-bond donors (Lipinski definition) is 1. The van der Waals surface area contributed by atoms with Crippen LogP contribution in [0, 0.1) is 6.92 Å². The van der Waals surface area contributed by atoms with Gasteiger partial charge in [-0.15, -0.1) is 0 Å². The van der Waals surface area contributed by atoms with Crippen molar-refractivity contribution < 1.29 is 14.6 Å². The zero-order valence-electron chi connectivity index (χ0n) is 11.6. The van der Waals surface area contributed by atoms with Crippen molar-refractivity contribution in [2.24, 2.45) is 0 Å². The number of ether oxygens (including phenoxy) is 1. The summed E-state index contributed by atoms with van der Waals surface area (Å²) in [4.78, 5) is 12.9. The topological polar surface area (TPSA) is 49.8 Å². The number of carboxylic acids is 1. The third-order valence-electron chi connectivity index (χ3n) is 3.61. The van der Waals surface area contributed by atoms with E-state index in [1.165, 1.54) is 11.1 Å². The van der Waals surface area contributed by atoms with Gasteiger partial charge in [-0.3, -0.25) is 4.90 Å². The van der Waals surface area contributed by atoms with E-state index in [9.17, 15) is 4.79 Å². The van der Waals surface area contributed by atoms with Crippen LogP contribution in [0.1, 0.15) is 24.0 Å². The van der Waals surface area contributed by atoms with Crippen LogP contribution in [-0.4, -0.2) is 41.8 Å². The maximum Gasteiger partial charge on any atom is 0.329 e. The van der Waals surface area contributed by atoms with Crippen molar-refractivity contribution in [1.29, 1.82) is 0 Å². The maximum absolute atomic E-state index is 10.5. The lowest BCUT2D eigenvalue weighted by molar-refractivity contribution is -0.145. The molecule has 0 aromatic heterocycles. The summed E-state index contributed by atoms with van der Waals surface area (Å²) in [6.45, 7) is 4.77. The quantitative estimate of drug-likeness (QED) is 0.894. The molecule has 1 aromatic carbocycles. The van der Waals surface area contributed by atoms with Crippen molar-refractivity contribution in [3.63, 3.8) is 0 Å². The molecule has 0 atom stereocenters. The Morgan fingerprint density at radius 2 is 2.15 bits per heavy atom. The van der Waals surface area contributed by atoms with E-state index in [1.54, 1.807) is 0 Å². The lowest BCUT2D eigenvalue weighted by Gasteiger charge is -2.31. The van der Waals surface area contributed by atoms with Crippen molar-refractivity contribution in [3.8, 4) is 0 Å². The minimum atomic E-state index is -0.891. The van der Waals surface area contributed by atoms with E-state index < -0.39 is 5.97 Å². The molecule has 1 fully saturated rings. The molecule has 1 aromatic rings. The second-order valence-electron chi connectivity index (χ2n) is 5.26. The molecule has 0 unspecified atom stereocenters. The summed E-state index contributed by atoms with van der Waals surface area (Å²) in [6.07, 6.45) is 1.90. The number of carboxylic acid groups (broad SMARTS) is 1. The average Bonchev–Trinajstić information content (AvgIpc) is 2.42. The molecule has 20 heavy (non-hydrogen) atoms. The van der Waals surface area contributed by atoms with E-state index in [-0.39, 0.29) is 12.7 Å². The fourth-order valence-corrected chi connectivity index (χ4v) is 2.73. The monoisotopic (exact) mass is 341 g/mol. The average molecular weight is 342 g/mol. The second kappa shape index (κ2) is 7.20. The van der Waals surface area contributed by atoms with Gasteiger partial charge in [-0.2, -0.15) is 0 Å². The van der Waals surface area contributed by atoms with Gasteiger partial charge in [0.05, 0.1) is 6.10 Å². The van der Waals surface area contributed by atoms with Gasteiger partial charge < -0.3 is 9.84 Å². The molecule has 0 radical (unpaired) electrons. The van der Waals surface area contributed by atoms with Crippen molar-refractivity contribution in [1.82, 2.24) is 4.90 Å². The van der Waals surface area contributed by atoms with Crippen molar-refractivity contribution in [2.45, 2.75) is 32.4 Å². The minimum Gasteiger partial charge on any atom is -0.480 e. The Morgan fingerprint density at radius 1 is 1.45 bits per heavy atom. The molecule has 1 aliphatic rings. The zero-order valence-corrected chi connectivity index (χ0v) is 13.2. The molecule has 0 spiro atoms. The van der Waals surface area contributed by atoms with Gasteiger partial charge in [-0.25, -0.2) is 4.79 Å². The molecule has 5 heteroatoms. The Bertz CT molecular complexity index is 470. The number of aliphatic carboxylic acids is 1. The molecule has 2 rings (SSSR count). The Kier molecular flexibility index (Phi) is 5.57. The molecule has 0 saturated carbocycles. The van der Waals surface area contributed by atoms with Crippen LogP contribution in [-0.2, 0) is 16.1 Å². The number of hydrogen-bond acceptors (Lipinski definition) is 3. The van der Waals surface area contributed by atoms with Crippen LogP contribution in [0.2, 0.25) is 0 Å². The van der Waals surface area contributed by atoms with Gasteiger partial charge >= 0.3 is 5.97 Å². The van der Waals surface area contributed by atoms with Crippen LogP contribution in [0.3, 0.4) is 0 Å². The maximum atomic E-state index is 10.5. The second-order valence-corrected chi connectivity index (χ2v) is 6.12. The normalized spacial score (nSPS) is 17.3. The Morgan fingerprint density at radius 3 is 2.75 bits per heavy atom. The van der Waals surface area contributed by atoms with E-state index in [4.69, 9.17) is 9.84 Å². The molecule has 1 aliphatic heterocycles. The lowest BCUT2D eigenvalue weighted by atomic mass is 10.1. The molecule has 1 saturated heterocycles. The van der Waals surface area contributed by atoms with Crippen LogP contribution in [0.5, 0.6) is 0 Å². The van der Waals surface area contributed by atoms with Crippen molar-refractivity contribution >= 4 is 21.9 Å². The largest absolute Gasteiger partial charge is 0.480 e. The third-order valence-corrected chi connectivity index (χ3v) is 4.50. The summed E-state index contributed by atoms with van der Waals surface area (Å²) < 4.78 is 6.49. The first-order valence-corrected chi connectivity index (χ1v) is 7.64. The zero-order chi connectivity index (χ0) is 14.5. The first kappa shape index (κ1) is 15.5. The van der Waals surface area contributed by atoms with Gasteiger partial charge in [0.2, 0.25) is 0 Å². The van der Waals surface area contributed by atoms with Crippen LogP contribution < -0.4 is 0 Å². The number of piperidine rings is 1. The Balaban J connectivity index is 1.79. The molecular weight excluding hydrogens is 322 g/mol. The minimum absolute atomic E-state index is 0.0917. The van der Waals surface area contributed by atoms with Gasteiger partial charge in [0.15, 0.2) is 0 Å². The number of nitrogens with zero attached hydrogens (tertiary/aromatic N) is 1. The fraction of sp³-hybridized carbons (Fsp3) is 0.533. The van der Waals surface area contributed by atoms with E-state index in [1.807, 2.05) is 0 Å².